The Labute approximate surface area is 444 Å². The fourth-order valence-corrected chi connectivity index (χ4v) is 14.5. The van der Waals surface area contributed by atoms with E-state index in [0.717, 1.165) is 39.0 Å². The highest BCUT2D eigenvalue weighted by Gasteiger charge is 2.62. The maximum Gasteiger partial charge on any atom is 0.247 e. The van der Waals surface area contributed by atoms with Crippen molar-refractivity contribution in [2.75, 3.05) is 9.80 Å². The van der Waals surface area contributed by atoms with Crippen LogP contribution in [0, 0.1) is 5.41 Å². The Balaban J connectivity index is 1.09. The van der Waals surface area contributed by atoms with Gasteiger partial charge in [0.2, 0.25) is 6.71 Å². The van der Waals surface area contributed by atoms with Gasteiger partial charge in [-0.15, -0.1) is 0 Å². The minimum atomic E-state index is -0.0526. The number of nitrogens with zero attached hydrogens (tertiary/aromatic N) is 2. The zero-order valence-electron chi connectivity index (χ0n) is 44.8. The van der Waals surface area contributed by atoms with Gasteiger partial charge >= 0.3 is 0 Å². The molecule has 3 heterocycles. The van der Waals surface area contributed by atoms with Gasteiger partial charge in [-0.25, -0.2) is 0 Å². The van der Waals surface area contributed by atoms with Crippen LogP contribution >= 0.6 is 0 Å². The van der Waals surface area contributed by atoms with Crippen molar-refractivity contribution >= 4 is 79.2 Å². The summed E-state index contributed by atoms with van der Waals surface area (Å²) in [6.45, 7) is 19.2. The van der Waals surface area contributed by atoms with E-state index in [1.807, 2.05) is 0 Å². The normalized spacial score (nSPS) is 19.4. The van der Waals surface area contributed by atoms with Crippen molar-refractivity contribution in [3.05, 3.63) is 222 Å². The molecule has 0 radical (unpaired) electrons. The zero-order valence-corrected chi connectivity index (χ0v) is 44.8. The topological polar surface area (TPSA) is 19.6 Å². The summed E-state index contributed by atoms with van der Waals surface area (Å²) in [6.07, 6.45) is 4.99. The van der Waals surface area contributed by atoms with Crippen LogP contribution in [0.4, 0.5) is 34.1 Å². The second-order valence-electron chi connectivity index (χ2n) is 24.8. The zero-order chi connectivity index (χ0) is 51.2. The minimum Gasteiger partial charge on any atom is -0.456 e. The lowest BCUT2D eigenvalue weighted by molar-refractivity contribution is 0.0926. The van der Waals surface area contributed by atoms with E-state index in [-0.39, 0.29) is 34.3 Å². The van der Waals surface area contributed by atoms with Gasteiger partial charge in [-0.2, -0.15) is 0 Å². The Morgan fingerprint density at radius 1 is 0.507 bits per heavy atom. The predicted molar refractivity (Wildman–Crippen MR) is 318 cm³/mol. The Hall–Kier alpha value is -7.56. The van der Waals surface area contributed by atoms with Crippen molar-refractivity contribution in [1.82, 2.24) is 0 Å². The smallest absolute Gasteiger partial charge is 0.247 e. The highest BCUT2D eigenvalue weighted by atomic mass is 16.3. The summed E-state index contributed by atoms with van der Waals surface area (Å²) in [7, 11) is 0. The summed E-state index contributed by atoms with van der Waals surface area (Å²) < 4.78 is 6.45. The average molecular weight is 973 g/mol. The van der Waals surface area contributed by atoms with Crippen molar-refractivity contribution < 1.29 is 4.42 Å². The Bertz CT molecular complexity index is 3910. The molecular formula is C71H65BN2O. The average Bonchev–Trinajstić information content (AvgIpc) is 3.92. The number of rotatable bonds is 6. The maximum atomic E-state index is 6.45. The highest BCUT2D eigenvalue weighted by molar-refractivity contribution is 6.99. The Morgan fingerprint density at radius 2 is 1.16 bits per heavy atom. The highest BCUT2D eigenvalue weighted by Crippen LogP contribution is 2.67. The van der Waals surface area contributed by atoms with Crippen LogP contribution in [-0.4, -0.2) is 6.71 Å². The monoisotopic (exact) mass is 973 g/mol. The van der Waals surface area contributed by atoms with E-state index < -0.39 is 0 Å². The maximum absolute atomic E-state index is 6.45. The van der Waals surface area contributed by atoms with E-state index in [1.165, 1.54) is 98.1 Å². The van der Waals surface area contributed by atoms with Crippen LogP contribution in [0.15, 0.2) is 199 Å². The molecule has 0 N–H and O–H groups in total. The molecule has 4 aliphatic rings. The first-order valence-electron chi connectivity index (χ1n) is 27.5. The molecule has 368 valence electrons. The largest absolute Gasteiger partial charge is 0.456 e. The van der Waals surface area contributed by atoms with Crippen molar-refractivity contribution in [2.45, 2.75) is 103 Å². The first kappa shape index (κ1) is 46.0. The lowest BCUT2D eigenvalue weighted by Gasteiger charge is -2.51. The number of furan rings is 1. The van der Waals surface area contributed by atoms with E-state index >= 15 is 0 Å². The van der Waals surface area contributed by atoms with Crippen LogP contribution in [0.1, 0.15) is 115 Å². The lowest BCUT2D eigenvalue weighted by Crippen LogP contribution is -2.62. The third-order valence-corrected chi connectivity index (χ3v) is 18.6. The molecule has 1 fully saturated rings. The van der Waals surface area contributed by atoms with Crippen molar-refractivity contribution in [1.29, 1.82) is 0 Å². The van der Waals surface area contributed by atoms with Gasteiger partial charge in [0.1, 0.15) is 11.2 Å². The molecule has 0 bridgehead atoms. The Morgan fingerprint density at radius 3 is 1.92 bits per heavy atom. The lowest BCUT2D eigenvalue weighted by atomic mass is 9.30. The van der Waals surface area contributed by atoms with E-state index in [1.54, 1.807) is 11.1 Å². The standard InChI is InChI=1S/C71H65BN2O/c1-68(2,3)48-28-31-50(32-29-48)73(51-34-37-64-55(43-51)53-24-15-16-27-63(53)75-64)52-33-35-58-61(44-52)74(60-36-30-49(69(4,5)6)42-54(60)46-22-13-10-14-23-46)62-41-47(45-20-11-9-12-21-45)40-56-66-65-57(25-19-26-59(65)72(58)67(56)62)70(7)38-17-18-39-71(66,70)8/h9-16,19-37,40-44,66H,17-18,38-39H2,1-8H3. The second kappa shape index (κ2) is 16.5. The van der Waals surface area contributed by atoms with E-state index in [9.17, 15) is 0 Å². The van der Waals surface area contributed by atoms with Crippen LogP contribution in [0.2, 0.25) is 0 Å². The summed E-state index contributed by atoms with van der Waals surface area (Å²) in [5.41, 5.74) is 25.4. The Kier molecular flexibility index (Phi) is 10.1. The minimum absolute atomic E-state index is 0.0113. The van der Waals surface area contributed by atoms with Crippen molar-refractivity contribution in [3.63, 3.8) is 0 Å². The fraction of sp³-hybridized carbons (Fsp3) is 0.239. The number of hydrogen-bond donors (Lipinski definition) is 0. The van der Waals surface area contributed by atoms with Gasteiger partial charge in [0.05, 0.1) is 5.69 Å². The number of fused-ring (bicyclic) bond motifs is 10. The van der Waals surface area contributed by atoms with Gasteiger partial charge < -0.3 is 14.2 Å². The molecule has 3 atom stereocenters. The van der Waals surface area contributed by atoms with Crippen LogP contribution < -0.4 is 26.2 Å². The van der Waals surface area contributed by atoms with Crippen LogP contribution in [0.5, 0.6) is 0 Å². The molecule has 0 amide bonds. The summed E-state index contributed by atoms with van der Waals surface area (Å²) in [4.78, 5) is 5.16. The first-order valence-corrected chi connectivity index (χ1v) is 27.5. The number of benzene rings is 9. The molecule has 3 nitrogen and oxygen atoms in total. The molecule has 1 saturated carbocycles. The van der Waals surface area contributed by atoms with Gasteiger partial charge in [0.25, 0.3) is 0 Å². The molecule has 2 aliphatic carbocycles. The molecule has 0 saturated heterocycles. The SMILES string of the molecule is CC(C)(C)c1ccc(N(c2ccc3c(c2)N(c2ccc(C(C)(C)C)cc2-c2ccccc2)c2cc(-c4ccccc4)cc4c2B3c2cccc3c2C4C2(C)CCCCC32C)c2ccc3oc4ccccc4c3c2)cc1. The molecular weight excluding hydrogens is 908 g/mol. The molecule has 0 spiro atoms. The summed E-state index contributed by atoms with van der Waals surface area (Å²) in [5, 5.41) is 2.23. The third kappa shape index (κ3) is 6.87. The first-order chi connectivity index (χ1) is 36.2. The van der Waals surface area contributed by atoms with Crippen LogP contribution in [-0.2, 0) is 16.2 Å². The molecule has 9 aromatic carbocycles. The predicted octanol–water partition coefficient (Wildman–Crippen LogP) is 17.6. The molecule has 4 heteroatoms. The van der Waals surface area contributed by atoms with Gasteiger partial charge in [-0.3, -0.25) is 0 Å². The van der Waals surface area contributed by atoms with E-state index in [4.69, 9.17) is 4.42 Å². The number of para-hydroxylation sites is 1. The molecule has 2 aliphatic heterocycles. The van der Waals surface area contributed by atoms with Crippen molar-refractivity contribution in [2.24, 2.45) is 5.41 Å². The van der Waals surface area contributed by atoms with Gasteiger partial charge in [0, 0.05) is 50.7 Å². The molecule has 10 aromatic rings. The summed E-state index contributed by atoms with van der Waals surface area (Å²) >= 11 is 0. The van der Waals surface area contributed by atoms with Gasteiger partial charge in [-0.1, -0.05) is 201 Å². The molecule has 14 rings (SSSR count). The van der Waals surface area contributed by atoms with Crippen LogP contribution in [0.3, 0.4) is 0 Å². The van der Waals surface area contributed by atoms with E-state index in [2.05, 4.69) is 259 Å². The van der Waals surface area contributed by atoms with E-state index in [0.29, 0.717) is 0 Å². The quantitative estimate of drug-likeness (QED) is 0.155. The fourth-order valence-electron chi connectivity index (χ4n) is 14.5. The second-order valence-corrected chi connectivity index (χ2v) is 24.8. The summed E-state index contributed by atoms with van der Waals surface area (Å²) in [6, 6.07) is 74.1. The van der Waals surface area contributed by atoms with Crippen LogP contribution in [0.25, 0.3) is 44.2 Å². The van der Waals surface area contributed by atoms with Gasteiger partial charge in [-0.05, 0) is 157 Å². The molecule has 1 aromatic heterocycles. The molecule has 75 heavy (non-hydrogen) atoms. The molecule has 3 unspecified atom stereocenters. The summed E-state index contributed by atoms with van der Waals surface area (Å²) in [5.74, 6) is 0.280. The number of hydrogen-bond acceptors (Lipinski definition) is 3. The van der Waals surface area contributed by atoms with Crippen molar-refractivity contribution in [3.8, 4) is 22.3 Å². The van der Waals surface area contributed by atoms with Gasteiger partial charge in [0.15, 0.2) is 0 Å². The third-order valence-electron chi connectivity index (χ3n) is 18.6. The number of anilines is 6.